The molecule has 0 amide bonds. The number of rotatable bonds is 2. The van der Waals surface area contributed by atoms with Gasteiger partial charge in [-0.05, 0) is 24.6 Å². The first-order valence-electron chi connectivity index (χ1n) is 4.50. The maximum Gasteiger partial charge on any atom is 0.0669 e. The van der Waals surface area contributed by atoms with Crippen LogP contribution in [0.15, 0.2) is 34.8 Å². The normalized spacial score (nSPS) is 10.4. The van der Waals surface area contributed by atoms with E-state index in [1.807, 2.05) is 19.1 Å². The number of halogens is 1. The van der Waals surface area contributed by atoms with E-state index in [4.69, 9.17) is 0 Å². The molecule has 0 atom stereocenters. The summed E-state index contributed by atoms with van der Waals surface area (Å²) in [5, 5.41) is 7.15. The average Bonchev–Trinajstić information content (AvgIpc) is 2.56. The summed E-state index contributed by atoms with van der Waals surface area (Å²) in [4.78, 5) is 0. The molecule has 0 spiro atoms. The molecule has 3 heteroatoms. The Bertz CT molecular complexity index is 434. The maximum absolute atomic E-state index is 4.21. The van der Waals surface area contributed by atoms with E-state index in [1.54, 1.807) is 0 Å². The SMILES string of the molecule is Cc1cc(Cc2ccccc2Br)n[nH]1. The molecule has 0 bridgehead atoms. The van der Waals surface area contributed by atoms with Gasteiger partial charge in [0.15, 0.2) is 0 Å². The monoisotopic (exact) mass is 250 g/mol. The summed E-state index contributed by atoms with van der Waals surface area (Å²) in [6.07, 6.45) is 0.867. The van der Waals surface area contributed by atoms with Gasteiger partial charge in [-0.25, -0.2) is 0 Å². The van der Waals surface area contributed by atoms with E-state index >= 15 is 0 Å². The van der Waals surface area contributed by atoms with E-state index < -0.39 is 0 Å². The Morgan fingerprint density at radius 1 is 1.36 bits per heavy atom. The molecule has 2 nitrogen and oxygen atoms in total. The van der Waals surface area contributed by atoms with Crippen molar-refractivity contribution in [3.63, 3.8) is 0 Å². The second-order valence-electron chi connectivity index (χ2n) is 3.31. The van der Waals surface area contributed by atoms with Crippen LogP contribution < -0.4 is 0 Å². The van der Waals surface area contributed by atoms with Crippen LogP contribution in [0.4, 0.5) is 0 Å². The Balaban J connectivity index is 2.23. The number of aromatic amines is 1. The van der Waals surface area contributed by atoms with Crippen LogP contribution in [0, 0.1) is 6.92 Å². The van der Waals surface area contributed by atoms with Crippen LogP contribution in [0.1, 0.15) is 17.0 Å². The molecule has 2 rings (SSSR count). The average molecular weight is 251 g/mol. The number of H-pyrrole nitrogens is 1. The van der Waals surface area contributed by atoms with Crippen molar-refractivity contribution in [2.75, 3.05) is 0 Å². The Morgan fingerprint density at radius 3 is 2.79 bits per heavy atom. The minimum Gasteiger partial charge on any atom is -0.283 e. The minimum atomic E-state index is 0.867. The molecule has 72 valence electrons. The van der Waals surface area contributed by atoms with E-state index in [0.717, 1.165) is 22.3 Å². The lowest BCUT2D eigenvalue weighted by atomic mass is 10.1. The first-order valence-corrected chi connectivity index (χ1v) is 5.29. The summed E-state index contributed by atoms with van der Waals surface area (Å²) >= 11 is 3.52. The molecule has 1 heterocycles. The van der Waals surface area contributed by atoms with Crippen LogP contribution in [0.3, 0.4) is 0 Å². The number of benzene rings is 1. The quantitative estimate of drug-likeness (QED) is 0.872. The number of nitrogens with zero attached hydrogens (tertiary/aromatic N) is 1. The lowest BCUT2D eigenvalue weighted by molar-refractivity contribution is 0.978. The van der Waals surface area contributed by atoms with Crippen molar-refractivity contribution in [3.05, 3.63) is 51.8 Å². The summed E-state index contributed by atoms with van der Waals surface area (Å²) in [6.45, 7) is 2.01. The van der Waals surface area contributed by atoms with Gasteiger partial charge in [-0.1, -0.05) is 34.1 Å². The van der Waals surface area contributed by atoms with Crippen molar-refractivity contribution in [1.82, 2.24) is 10.2 Å². The van der Waals surface area contributed by atoms with Crippen LogP contribution in [-0.2, 0) is 6.42 Å². The molecule has 0 saturated heterocycles. The lowest BCUT2D eigenvalue weighted by Gasteiger charge is -2.00. The molecule has 1 aromatic heterocycles. The van der Waals surface area contributed by atoms with Crippen molar-refractivity contribution in [3.8, 4) is 0 Å². The fraction of sp³-hybridized carbons (Fsp3) is 0.182. The van der Waals surface area contributed by atoms with Crippen LogP contribution in [0.5, 0.6) is 0 Å². The Labute approximate surface area is 91.5 Å². The Morgan fingerprint density at radius 2 is 2.14 bits per heavy atom. The standard InChI is InChI=1S/C11H11BrN2/c1-8-6-10(14-13-8)7-9-4-2-3-5-11(9)12/h2-6H,7H2,1H3,(H,13,14). The summed E-state index contributed by atoms with van der Waals surface area (Å²) in [7, 11) is 0. The van der Waals surface area contributed by atoms with Crippen molar-refractivity contribution in [2.24, 2.45) is 0 Å². The van der Waals surface area contributed by atoms with Gasteiger partial charge in [0.05, 0.1) is 5.69 Å². The van der Waals surface area contributed by atoms with E-state index in [0.29, 0.717) is 0 Å². The highest BCUT2D eigenvalue weighted by molar-refractivity contribution is 9.10. The third kappa shape index (κ3) is 2.04. The molecule has 14 heavy (non-hydrogen) atoms. The fourth-order valence-electron chi connectivity index (χ4n) is 1.40. The van der Waals surface area contributed by atoms with Crippen LogP contribution in [0.2, 0.25) is 0 Å². The Hall–Kier alpha value is -1.09. The molecule has 2 aromatic rings. The van der Waals surface area contributed by atoms with Gasteiger partial charge < -0.3 is 0 Å². The van der Waals surface area contributed by atoms with Crippen molar-refractivity contribution in [1.29, 1.82) is 0 Å². The van der Waals surface area contributed by atoms with E-state index in [1.165, 1.54) is 5.56 Å². The van der Waals surface area contributed by atoms with E-state index in [9.17, 15) is 0 Å². The van der Waals surface area contributed by atoms with Gasteiger partial charge in [0, 0.05) is 16.6 Å². The predicted octanol–water partition coefficient (Wildman–Crippen LogP) is 3.07. The largest absolute Gasteiger partial charge is 0.283 e. The number of hydrogen-bond donors (Lipinski definition) is 1. The zero-order valence-electron chi connectivity index (χ0n) is 7.92. The Kier molecular flexibility index (Phi) is 2.68. The highest BCUT2D eigenvalue weighted by Gasteiger charge is 2.02. The molecule has 0 aliphatic rings. The summed E-state index contributed by atoms with van der Waals surface area (Å²) < 4.78 is 1.14. The van der Waals surface area contributed by atoms with Crippen LogP contribution in [0.25, 0.3) is 0 Å². The first kappa shape index (κ1) is 9.46. The molecular formula is C11H11BrN2. The minimum absolute atomic E-state index is 0.867. The third-order valence-electron chi connectivity index (χ3n) is 2.09. The van der Waals surface area contributed by atoms with Crippen LogP contribution in [-0.4, -0.2) is 10.2 Å². The van der Waals surface area contributed by atoms with Crippen molar-refractivity contribution >= 4 is 15.9 Å². The van der Waals surface area contributed by atoms with E-state index in [-0.39, 0.29) is 0 Å². The summed E-state index contributed by atoms with van der Waals surface area (Å²) in [6, 6.07) is 10.3. The number of hydrogen-bond acceptors (Lipinski definition) is 1. The van der Waals surface area contributed by atoms with Gasteiger partial charge in [-0.2, -0.15) is 5.10 Å². The van der Waals surface area contributed by atoms with Gasteiger partial charge in [-0.15, -0.1) is 0 Å². The topological polar surface area (TPSA) is 28.7 Å². The smallest absolute Gasteiger partial charge is 0.0669 e. The summed E-state index contributed by atoms with van der Waals surface area (Å²) in [5.74, 6) is 0. The van der Waals surface area contributed by atoms with Gasteiger partial charge in [0.1, 0.15) is 0 Å². The lowest BCUT2D eigenvalue weighted by Crippen LogP contribution is -1.89. The predicted molar refractivity (Wildman–Crippen MR) is 60.3 cm³/mol. The highest BCUT2D eigenvalue weighted by atomic mass is 79.9. The molecule has 1 N–H and O–H groups in total. The van der Waals surface area contributed by atoms with Crippen molar-refractivity contribution in [2.45, 2.75) is 13.3 Å². The molecule has 0 unspecified atom stereocenters. The molecule has 0 aliphatic heterocycles. The number of nitrogens with one attached hydrogen (secondary N) is 1. The first-order chi connectivity index (χ1) is 6.75. The molecule has 0 radical (unpaired) electrons. The second-order valence-corrected chi connectivity index (χ2v) is 4.16. The molecule has 0 fully saturated rings. The maximum atomic E-state index is 4.21. The van der Waals surface area contributed by atoms with Gasteiger partial charge in [-0.3, -0.25) is 5.10 Å². The number of aromatic nitrogens is 2. The third-order valence-corrected chi connectivity index (χ3v) is 2.86. The van der Waals surface area contributed by atoms with E-state index in [2.05, 4.69) is 44.3 Å². The van der Waals surface area contributed by atoms with Gasteiger partial charge in [0.2, 0.25) is 0 Å². The summed E-state index contributed by atoms with van der Waals surface area (Å²) in [5.41, 5.74) is 3.44. The number of aryl methyl sites for hydroxylation is 1. The molecule has 1 aromatic carbocycles. The van der Waals surface area contributed by atoms with Crippen LogP contribution >= 0.6 is 15.9 Å². The highest BCUT2D eigenvalue weighted by Crippen LogP contribution is 2.18. The zero-order chi connectivity index (χ0) is 9.97. The zero-order valence-corrected chi connectivity index (χ0v) is 9.51. The van der Waals surface area contributed by atoms with Gasteiger partial charge >= 0.3 is 0 Å². The fourth-order valence-corrected chi connectivity index (χ4v) is 1.83. The molecule has 0 aliphatic carbocycles. The van der Waals surface area contributed by atoms with Crippen molar-refractivity contribution < 1.29 is 0 Å². The second kappa shape index (κ2) is 3.96. The molecule has 0 saturated carbocycles. The molecular weight excluding hydrogens is 240 g/mol. The van der Waals surface area contributed by atoms with Gasteiger partial charge in [0.25, 0.3) is 0 Å².